The van der Waals surface area contributed by atoms with Crippen LogP contribution < -0.4 is 10.1 Å². The molecule has 1 amide bonds. The van der Waals surface area contributed by atoms with E-state index in [0.29, 0.717) is 28.5 Å². The summed E-state index contributed by atoms with van der Waals surface area (Å²) in [6, 6.07) is 6.75. The lowest BCUT2D eigenvalue weighted by molar-refractivity contribution is -0.114. The van der Waals surface area contributed by atoms with Crippen LogP contribution in [-0.4, -0.2) is 30.4 Å². The zero-order chi connectivity index (χ0) is 21.0. The van der Waals surface area contributed by atoms with E-state index in [1.807, 2.05) is 6.92 Å². The Balaban J connectivity index is 1.77. The predicted molar refractivity (Wildman–Crippen MR) is 112 cm³/mol. The zero-order valence-corrected chi connectivity index (χ0v) is 17.7. The summed E-state index contributed by atoms with van der Waals surface area (Å²) in [5.74, 6) is -0.416. The molecule has 0 spiro atoms. The minimum atomic E-state index is -0.940. The van der Waals surface area contributed by atoms with Gasteiger partial charge in [0, 0.05) is 17.4 Å². The van der Waals surface area contributed by atoms with Crippen molar-refractivity contribution < 1.29 is 23.9 Å². The van der Waals surface area contributed by atoms with Gasteiger partial charge in [-0.25, -0.2) is 4.79 Å². The fourth-order valence-corrected chi connectivity index (χ4v) is 4.74. The molecular formula is C22H25NO5S. The van der Waals surface area contributed by atoms with Gasteiger partial charge in [-0.05, 0) is 69.4 Å². The first-order valence-corrected chi connectivity index (χ1v) is 10.6. The highest BCUT2D eigenvalue weighted by Crippen LogP contribution is 2.38. The first-order chi connectivity index (χ1) is 13.9. The van der Waals surface area contributed by atoms with Crippen molar-refractivity contribution >= 4 is 34.0 Å². The van der Waals surface area contributed by atoms with E-state index in [1.165, 1.54) is 18.3 Å². The van der Waals surface area contributed by atoms with Gasteiger partial charge < -0.3 is 14.8 Å². The Morgan fingerprint density at radius 1 is 1.14 bits per heavy atom. The Hall–Kier alpha value is -2.67. The molecule has 0 saturated carbocycles. The molecule has 6 nitrogen and oxygen atoms in total. The molecule has 1 aliphatic carbocycles. The number of carbonyl (C=O) groups is 3. The number of ketones is 1. The summed E-state index contributed by atoms with van der Waals surface area (Å²) in [6.45, 7) is 5.40. The third-order valence-electron chi connectivity index (χ3n) is 4.77. The van der Waals surface area contributed by atoms with Crippen LogP contribution in [0.4, 0.5) is 5.00 Å². The topological polar surface area (TPSA) is 81.7 Å². The number of hydrogen-bond acceptors (Lipinski definition) is 6. The van der Waals surface area contributed by atoms with Crippen LogP contribution >= 0.6 is 11.3 Å². The second-order valence-electron chi connectivity index (χ2n) is 6.97. The molecule has 154 valence electrons. The van der Waals surface area contributed by atoms with Crippen molar-refractivity contribution in [1.29, 1.82) is 0 Å². The highest BCUT2D eigenvalue weighted by molar-refractivity contribution is 7.17. The summed E-state index contributed by atoms with van der Waals surface area (Å²) in [5, 5.41) is 3.25. The van der Waals surface area contributed by atoms with Crippen LogP contribution in [0.25, 0.3) is 0 Å². The van der Waals surface area contributed by atoms with E-state index in [0.717, 1.165) is 36.1 Å². The van der Waals surface area contributed by atoms with Crippen LogP contribution in [-0.2, 0) is 22.4 Å². The van der Waals surface area contributed by atoms with Crippen molar-refractivity contribution in [2.24, 2.45) is 0 Å². The van der Waals surface area contributed by atoms with Gasteiger partial charge in [0.2, 0.25) is 11.7 Å². The lowest BCUT2D eigenvalue weighted by atomic mass is 9.95. The standard InChI is InChI=1S/C22H25NO5S/c1-4-27-16-11-9-15(10-12-16)20(25)13(2)28-22(26)19-17-7-5-6-8-18(17)29-21(19)23-14(3)24/h9-13H,4-8H2,1-3H3,(H,23,24)/t13-/m0/s1. The molecule has 0 radical (unpaired) electrons. The van der Waals surface area contributed by atoms with Gasteiger partial charge in [0.1, 0.15) is 10.8 Å². The minimum absolute atomic E-state index is 0.240. The van der Waals surface area contributed by atoms with E-state index >= 15 is 0 Å². The van der Waals surface area contributed by atoms with Gasteiger partial charge in [-0.2, -0.15) is 0 Å². The van der Waals surface area contributed by atoms with Gasteiger partial charge >= 0.3 is 5.97 Å². The molecule has 29 heavy (non-hydrogen) atoms. The van der Waals surface area contributed by atoms with Crippen molar-refractivity contribution in [3.05, 3.63) is 45.8 Å². The highest BCUT2D eigenvalue weighted by Gasteiger charge is 2.29. The molecule has 1 atom stereocenters. The van der Waals surface area contributed by atoms with Gasteiger partial charge in [0.25, 0.3) is 0 Å². The zero-order valence-electron chi connectivity index (χ0n) is 16.9. The fourth-order valence-electron chi connectivity index (χ4n) is 3.42. The summed E-state index contributed by atoms with van der Waals surface area (Å²) in [5.41, 5.74) is 1.78. The quantitative estimate of drug-likeness (QED) is 0.535. The number of esters is 1. The number of aryl methyl sites for hydroxylation is 1. The smallest absolute Gasteiger partial charge is 0.342 e. The molecule has 7 heteroatoms. The third kappa shape index (κ3) is 4.85. The molecule has 0 unspecified atom stereocenters. The molecule has 3 rings (SSSR count). The normalized spacial score (nSPS) is 13.9. The molecule has 0 fully saturated rings. The summed E-state index contributed by atoms with van der Waals surface area (Å²) < 4.78 is 10.9. The molecule has 0 saturated heterocycles. The lowest BCUT2D eigenvalue weighted by Crippen LogP contribution is -2.25. The van der Waals surface area contributed by atoms with Crippen molar-refractivity contribution in [1.82, 2.24) is 0 Å². The Bertz CT molecular complexity index is 916. The SMILES string of the molecule is CCOc1ccc(C(=O)[C@H](C)OC(=O)c2c(NC(C)=O)sc3c2CCCC3)cc1. The van der Waals surface area contributed by atoms with Crippen LogP contribution in [0.3, 0.4) is 0 Å². The van der Waals surface area contributed by atoms with E-state index in [-0.39, 0.29) is 11.7 Å². The molecule has 1 heterocycles. The maximum Gasteiger partial charge on any atom is 0.342 e. The molecule has 0 aliphatic heterocycles. The number of carbonyl (C=O) groups excluding carboxylic acids is 3. The number of rotatable bonds is 7. The molecule has 1 aliphatic rings. The van der Waals surface area contributed by atoms with Crippen molar-refractivity contribution in [2.75, 3.05) is 11.9 Å². The number of Topliss-reactive ketones (excluding diaryl/α,β-unsaturated/α-hetero) is 1. The maximum atomic E-state index is 12.9. The first-order valence-electron chi connectivity index (χ1n) is 9.80. The van der Waals surface area contributed by atoms with Crippen LogP contribution in [0.15, 0.2) is 24.3 Å². The Morgan fingerprint density at radius 3 is 2.48 bits per heavy atom. The van der Waals surface area contributed by atoms with Crippen LogP contribution in [0.1, 0.15) is 64.8 Å². The average molecular weight is 416 g/mol. The monoisotopic (exact) mass is 415 g/mol. The number of fused-ring (bicyclic) bond motifs is 1. The van der Waals surface area contributed by atoms with Gasteiger partial charge in [-0.3, -0.25) is 9.59 Å². The van der Waals surface area contributed by atoms with Gasteiger partial charge in [0.05, 0.1) is 12.2 Å². The van der Waals surface area contributed by atoms with E-state index in [4.69, 9.17) is 9.47 Å². The van der Waals surface area contributed by atoms with Crippen LogP contribution in [0.5, 0.6) is 5.75 Å². The Kier molecular flexibility index (Phi) is 6.69. The molecule has 0 bridgehead atoms. The van der Waals surface area contributed by atoms with Crippen molar-refractivity contribution in [3.8, 4) is 5.75 Å². The number of ether oxygens (including phenoxy) is 2. The largest absolute Gasteiger partial charge is 0.494 e. The molecular weight excluding hydrogens is 390 g/mol. The Morgan fingerprint density at radius 2 is 1.83 bits per heavy atom. The Labute approximate surface area is 174 Å². The lowest BCUT2D eigenvalue weighted by Gasteiger charge is -2.16. The number of benzene rings is 1. The van der Waals surface area contributed by atoms with E-state index in [9.17, 15) is 14.4 Å². The molecule has 1 aromatic heterocycles. The number of amides is 1. The van der Waals surface area contributed by atoms with E-state index in [1.54, 1.807) is 31.2 Å². The van der Waals surface area contributed by atoms with Crippen molar-refractivity contribution in [3.63, 3.8) is 0 Å². The van der Waals surface area contributed by atoms with E-state index < -0.39 is 12.1 Å². The minimum Gasteiger partial charge on any atom is -0.494 e. The number of anilines is 1. The van der Waals surface area contributed by atoms with Crippen LogP contribution in [0.2, 0.25) is 0 Å². The molecule has 1 aromatic carbocycles. The molecule has 2 aromatic rings. The summed E-state index contributed by atoms with van der Waals surface area (Å²) >= 11 is 1.43. The second kappa shape index (κ2) is 9.22. The number of hydrogen-bond donors (Lipinski definition) is 1. The van der Waals surface area contributed by atoms with Gasteiger partial charge in [0.15, 0.2) is 6.10 Å². The van der Waals surface area contributed by atoms with E-state index in [2.05, 4.69) is 5.32 Å². The predicted octanol–water partition coefficient (Wildman–Crippen LogP) is 4.41. The number of thiophene rings is 1. The summed E-state index contributed by atoms with van der Waals surface area (Å²) in [7, 11) is 0. The highest BCUT2D eigenvalue weighted by atomic mass is 32.1. The second-order valence-corrected chi connectivity index (χ2v) is 8.07. The van der Waals surface area contributed by atoms with Crippen LogP contribution in [0, 0.1) is 0 Å². The summed E-state index contributed by atoms with van der Waals surface area (Å²) in [6.07, 6.45) is 2.78. The van der Waals surface area contributed by atoms with Gasteiger partial charge in [-0.1, -0.05) is 0 Å². The number of nitrogens with one attached hydrogen (secondary N) is 1. The third-order valence-corrected chi connectivity index (χ3v) is 5.98. The van der Waals surface area contributed by atoms with Gasteiger partial charge in [-0.15, -0.1) is 11.3 Å². The van der Waals surface area contributed by atoms with Crippen molar-refractivity contribution in [2.45, 2.75) is 52.6 Å². The fraction of sp³-hybridized carbons (Fsp3) is 0.409. The summed E-state index contributed by atoms with van der Waals surface area (Å²) in [4.78, 5) is 38.3. The first kappa shape index (κ1) is 21.0. The molecule has 1 N–H and O–H groups in total. The maximum absolute atomic E-state index is 12.9. The average Bonchev–Trinajstić information content (AvgIpc) is 3.05.